The quantitative estimate of drug-likeness (QED) is 0.784. The first kappa shape index (κ1) is 13.2. The molecular weight excluding hydrogens is 292 g/mol. The van der Waals surface area contributed by atoms with Crippen LogP contribution in [0, 0.1) is 0 Å². The SMILES string of the molecule is Cn1c(C(=O)NCc2cccs2)cc2ccc(Cl)cc21. The van der Waals surface area contributed by atoms with E-state index < -0.39 is 0 Å². The van der Waals surface area contributed by atoms with Crippen molar-refractivity contribution in [2.75, 3.05) is 0 Å². The van der Waals surface area contributed by atoms with Gasteiger partial charge in [-0.1, -0.05) is 23.7 Å². The zero-order chi connectivity index (χ0) is 14.1. The zero-order valence-corrected chi connectivity index (χ0v) is 12.5. The lowest BCUT2D eigenvalue weighted by atomic mass is 10.2. The summed E-state index contributed by atoms with van der Waals surface area (Å²) in [6, 6.07) is 11.5. The van der Waals surface area contributed by atoms with E-state index in [1.54, 1.807) is 11.3 Å². The summed E-state index contributed by atoms with van der Waals surface area (Å²) in [5.41, 5.74) is 1.59. The molecule has 0 aliphatic heterocycles. The van der Waals surface area contributed by atoms with Crippen molar-refractivity contribution in [3.8, 4) is 0 Å². The minimum Gasteiger partial charge on any atom is -0.346 e. The van der Waals surface area contributed by atoms with E-state index >= 15 is 0 Å². The van der Waals surface area contributed by atoms with Gasteiger partial charge in [0.2, 0.25) is 0 Å². The Morgan fingerprint density at radius 1 is 1.35 bits per heavy atom. The van der Waals surface area contributed by atoms with Gasteiger partial charge in [0, 0.05) is 27.9 Å². The van der Waals surface area contributed by atoms with E-state index in [-0.39, 0.29) is 5.91 Å². The molecule has 1 N–H and O–H groups in total. The standard InChI is InChI=1S/C15H13ClN2OS/c1-18-13-8-11(16)5-4-10(13)7-14(18)15(19)17-9-12-3-2-6-20-12/h2-8H,9H2,1H3,(H,17,19). The minimum atomic E-state index is -0.0757. The third kappa shape index (κ3) is 2.44. The molecule has 0 saturated heterocycles. The Bertz CT molecular complexity index is 762. The highest BCUT2D eigenvalue weighted by molar-refractivity contribution is 7.09. The minimum absolute atomic E-state index is 0.0757. The molecule has 0 bridgehead atoms. The predicted molar refractivity (Wildman–Crippen MR) is 83.4 cm³/mol. The Morgan fingerprint density at radius 3 is 2.95 bits per heavy atom. The van der Waals surface area contributed by atoms with Crippen LogP contribution in [0.25, 0.3) is 10.9 Å². The number of carbonyl (C=O) groups excluding carboxylic acids is 1. The molecule has 5 heteroatoms. The first-order chi connectivity index (χ1) is 9.65. The molecule has 0 aliphatic rings. The Balaban J connectivity index is 1.86. The van der Waals surface area contributed by atoms with E-state index in [2.05, 4.69) is 5.32 Å². The van der Waals surface area contributed by atoms with Gasteiger partial charge in [0.1, 0.15) is 5.69 Å². The number of nitrogens with one attached hydrogen (secondary N) is 1. The van der Waals surface area contributed by atoms with Gasteiger partial charge in [0.25, 0.3) is 5.91 Å². The van der Waals surface area contributed by atoms with Gasteiger partial charge in [0.05, 0.1) is 6.54 Å². The lowest BCUT2D eigenvalue weighted by Gasteiger charge is -2.05. The van der Waals surface area contributed by atoms with E-state index in [4.69, 9.17) is 11.6 Å². The molecular formula is C15H13ClN2OS. The average Bonchev–Trinajstić information content (AvgIpc) is 3.05. The smallest absolute Gasteiger partial charge is 0.268 e. The highest BCUT2D eigenvalue weighted by Crippen LogP contribution is 2.22. The number of hydrogen-bond donors (Lipinski definition) is 1. The number of amides is 1. The van der Waals surface area contributed by atoms with E-state index in [0.717, 1.165) is 15.8 Å². The van der Waals surface area contributed by atoms with Crippen molar-refractivity contribution in [1.29, 1.82) is 0 Å². The third-order valence-electron chi connectivity index (χ3n) is 3.24. The van der Waals surface area contributed by atoms with Crippen molar-refractivity contribution < 1.29 is 4.79 Å². The maximum absolute atomic E-state index is 12.3. The number of hydrogen-bond acceptors (Lipinski definition) is 2. The van der Waals surface area contributed by atoms with Gasteiger partial charge in [-0.15, -0.1) is 11.3 Å². The normalized spacial score (nSPS) is 10.9. The van der Waals surface area contributed by atoms with Crippen LogP contribution >= 0.6 is 22.9 Å². The molecule has 0 fully saturated rings. The second kappa shape index (κ2) is 5.31. The van der Waals surface area contributed by atoms with Gasteiger partial charge in [-0.05, 0) is 29.6 Å². The van der Waals surface area contributed by atoms with Crippen LogP contribution in [0.1, 0.15) is 15.4 Å². The summed E-state index contributed by atoms with van der Waals surface area (Å²) in [4.78, 5) is 13.4. The van der Waals surface area contributed by atoms with Crippen LogP contribution in [0.15, 0.2) is 41.8 Å². The van der Waals surface area contributed by atoms with Gasteiger partial charge in [-0.2, -0.15) is 0 Å². The number of aromatic nitrogens is 1. The van der Waals surface area contributed by atoms with E-state index in [0.29, 0.717) is 17.3 Å². The molecule has 3 rings (SSSR count). The van der Waals surface area contributed by atoms with Gasteiger partial charge in [0.15, 0.2) is 0 Å². The molecule has 0 aliphatic carbocycles. The third-order valence-corrected chi connectivity index (χ3v) is 4.35. The first-order valence-corrected chi connectivity index (χ1v) is 7.46. The summed E-state index contributed by atoms with van der Waals surface area (Å²) in [6.45, 7) is 0.554. The monoisotopic (exact) mass is 304 g/mol. The zero-order valence-electron chi connectivity index (χ0n) is 10.9. The summed E-state index contributed by atoms with van der Waals surface area (Å²) in [5.74, 6) is -0.0757. The molecule has 20 heavy (non-hydrogen) atoms. The van der Waals surface area contributed by atoms with Crippen LogP contribution in [-0.2, 0) is 13.6 Å². The molecule has 0 spiro atoms. The number of fused-ring (bicyclic) bond motifs is 1. The summed E-state index contributed by atoms with van der Waals surface area (Å²) in [7, 11) is 1.87. The molecule has 0 atom stereocenters. The number of carbonyl (C=O) groups is 1. The summed E-state index contributed by atoms with van der Waals surface area (Å²) < 4.78 is 1.87. The summed E-state index contributed by atoms with van der Waals surface area (Å²) >= 11 is 7.63. The van der Waals surface area contributed by atoms with Gasteiger partial charge in [-0.25, -0.2) is 0 Å². The predicted octanol–water partition coefficient (Wildman–Crippen LogP) is 3.82. The second-order valence-corrected chi connectivity index (χ2v) is 6.02. The van der Waals surface area contributed by atoms with E-state index in [1.807, 2.05) is 53.4 Å². The lowest BCUT2D eigenvalue weighted by molar-refractivity contribution is 0.0943. The van der Waals surface area contributed by atoms with E-state index in [1.165, 1.54) is 0 Å². The summed E-state index contributed by atoms with van der Waals surface area (Å²) in [6.07, 6.45) is 0. The molecule has 1 aromatic carbocycles. The molecule has 3 nitrogen and oxygen atoms in total. The van der Waals surface area contributed by atoms with Crippen LogP contribution in [0.4, 0.5) is 0 Å². The van der Waals surface area contributed by atoms with Crippen molar-refractivity contribution in [2.45, 2.75) is 6.54 Å². The Labute approximate surface area is 125 Å². The number of benzene rings is 1. The van der Waals surface area contributed by atoms with Crippen LogP contribution in [-0.4, -0.2) is 10.5 Å². The Kier molecular flexibility index (Phi) is 3.51. The maximum atomic E-state index is 12.3. The van der Waals surface area contributed by atoms with Gasteiger partial charge < -0.3 is 9.88 Å². The van der Waals surface area contributed by atoms with Crippen LogP contribution in [0.5, 0.6) is 0 Å². The van der Waals surface area contributed by atoms with Crippen LogP contribution in [0.3, 0.4) is 0 Å². The largest absolute Gasteiger partial charge is 0.346 e. The molecule has 102 valence electrons. The van der Waals surface area contributed by atoms with Crippen LogP contribution < -0.4 is 5.32 Å². The Morgan fingerprint density at radius 2 is 2.20 bits per heavy atom. The topological polar surface area (TPSA) is 34.0 Å². The molecule has 3 aromatic rings. The lowest BCUT2D eigenvalue weighted by Crippen LogP contribution is -2.24. The maximum Gasteiger partial charge on any atom is 0.268 e. The van der Waals surface area contributed by atoms with Crippen molar-refractivity contribution in [2.24, 2.45) is 7.05 Å². The number of halogens is 1. The first-order valence-electron chi connectivity index (χ1n) is 6.21. The van der Waals surface area contributed by atoms with Crippen molar-refractivity contribution >= 4 is 39.7 Å². The van der Waals surface area contributed by atoms with Crippen molar-refractivity contribution in [1.82, 2.24) is 9.88 Å². The van der Waals surface area contributed by atoms with Crippen LogP contribution in [0.2, 0.25) is 5.02 Å². The second-order valence-electron chi connectivity index (χ2n) is 4.55. The molecule has 0 radical (unpaired) electrons. The molecule has 1 amide bonds. The summed E-state index contributed by atoms with van der Waals surface area (Å²) in [5, 5.41) is 6.62. The average molecular weight is 305 g/mol. The number of nitrogens with zero attached hydrogens (tertiary/aromatic N) is 1. The number of rotatable bonds is 3. The molecule has 2 heterocycles. The molecule has 0 saturated carbocycles. The Hall–Kier alpha value is -1.78. The fourth-order valence-corrected chi connectivity index (χ4v) is 3.00. The number of thiophene rings is 1. The van der Waals surface area contributed by atoms with Crippen molar-refractivity contribution in [3.63, 3.8) is 0 Å². The highest BCUT2D eigenvalue weighted by atomic mass is 35.5. The van der Waals surface area contributed by atoms with E-state index in [9.17, 15) is 4.79 Å². The van der Waals surface area contributed by atoms with Gasteiger partial charge >= 0.3 is 0 Å². The molecule has 2 aromatic heterocycles. The van der Waals surface area contributed by atoms with Gasteiger partial charge in [-0.3, -0.25) is 4.79 Å². The number of aryl methyl sites for hydroxylation is 1. The highest BCUT2D eigenvalue weighted by Gasteiger charge is 2.13. The van der Waals surface area contributed by atoms with Crippen molar-refractivity contribution in [3.05, 3.63) is 57.4 Å². The fourth-order valence-electron chi connectivity index (χ4n) is 2.19. The molecule has 0 unspecified atom stereocenters. The fraction of sp³-hybridized carbons (Fsp3) is 0.133.